The molecule has 1 aromatic rings. The monoisotopic (exact) mass is 489 g/mol. The van der Waals surface area contributed by atoms with Crippen LogP contribution in [0.1, 0.15) is 0 Å². The van der Waals surface area contributed by atoms with Crippen molar-refractivity contribution < 1.29 is 20.1 Å². The number of halogens is 3. The molecule has 0 spiro atoms. The molecule has 1 atom stereocenters. The number of aliphatic hydroxyl groups excluding tert-OH is 3. The van der Waals surface area contributed by atoms with Gasteiger partial charge in [0, 0.05) is 24.1 Å². The molecule has 1 aromatic carbocycles. The minimum absolute atomic E-state index is 0.0165. The number of hydrogen-bond donors (Lipinski definition) is 3. The molecule has 0 saturated carbocycles. The van der Waals surface area contributed by atoms with Gasteiger partial charge in [-0.15, -0.1) is 0 Å². The van der Waals surface area contributed by atoms with Gasteiger partial charge in [-0.05, 0) is 44.0 Å². The van der Waals surface area contributed by atoms with Crippen LogP contribution in [0.4, 0.5) is 0 Å². The van der Waals surface area contributed by atoms with Crippen LogP contribution in [0.3, 0.4) is 0 Å². The molecule has 120 valence electrons. The third-order valence-electron chi connectivity index (χ3n) is 2.68. The molecule has 0 aliphatic heterocycles. The summed E-state index contributed by atoms with van der Waals surface area (Å²) in [5, 5.41) is 27.9. The molecule has 21 heavy (non-hydrogen) atoms. The average Bonchev–Trinajstić information content (AvgIpc) is 2.37. The van der Waals surface area contributed by atoms with Crippen molar-refractivity contribution in [1.29, 1.82) is 0 Å². The third-order valence-corrected chi connectivity index (χ3v) is 4.32. The van der Waals surface area contributed by atoms with Gasteiger partial charge in [0.05, 0.1) is 22.2 Å². The Morgan fingerprint density at radius 1 is 1.05 bits per heavy atom. The van der Waals surface area contributed by atoms with E-state index in [9.17, 15) is 5.11 Å². The van der Waals surface area contributed by atoms with Crippen molar-refractivity contribution in [3.8, 4) is 5.75 Å². The molecule has 0 aromatic heterocycles. The van der Waals surface area contributed by atoms with Crippen LogP contribution in [0.15, 0.2) is 25.6 Å². The van der Waals surface area contributed by atoms with E-state index in [-0.39, 0.29) is 19.8 Å². The lowest BCUT2D eigenvalue weighted by atomic mass is 10.3. The molecule has 0 aliphatic carbocycles. The first-order chi connectivity index (χ1) is 9.97. The second-order valence-corrected chi connectivity index (χ2v) is 7.04. The molecule has 5 nitrogen and oxygen atoms in total. The SMILES string of the molecule is OCCN(CCO)CC(O)COc1c(Br)cc(Br)cc1Br. The minimum Gasteiger partial charge on any atom is -0.488 e. The van der Waals surface area contributed by atoms with Crippen LogP contribution in [0.25, 0.3) is 0 Å². The molecule has 0 amide bonds. The number of benzene rings is 1. The summed E-state index contributed by atoms with van der Waals surface area (Å²) in [6.07, 6.45) is -0.717. The third kappa shape index (κ3) is 6.94. The molecule has 1 rings (SSSR count). The van der Waals surface area contributed by atoms with E-state index in [0.717, 1.165) is 13.4 Å². The highest BCUT2D eigenvalue weighted by Crippen LogP contribution is 2.36. The molecule has 0 fully saturated rings. The molecular weight excluding hydrogens is 474 g/mol. The first kappa shape index (κ1) is 19.3. The standard InChI is InChI=1S/C13H18Br3NO4/c14-9-5-11(15)13(12(16)6-9)21-8-10(20)7-17(1-3-18)2-4-19/h5-6,10,18-20H,1-4,7-8H2. The quantitative estimate of drug-likeness (QED) is 0.493. The Morgan fingerprint density at radius 3 is 2.05 bits per heavy atom. The van der Waals surface area contributed by atoms with Gasteiger partial charge in [0.1, 0.15) is 18.5 Å². The summed E-state index contributed by atoms with van der Waals surface area (Å²) in [6.45, 7) is 1.22. The van der Waals surface area contributed by atoms with Gasteiger partial charge in [0.25, 0.3) is 0 Å². The summed E-state index contributed by atoms with van der Waals surface area (Å²) in [6, 6.07) is 3.71. The number of ether oxygens (including phenoxy) is 1. The number of nitrogens with zero attached hydrogens (tertiary/aromatic N) is 1. The fourth-order valence-electron chi connectivity index (χ4n) is 1.77. The van der Waals surface area contributed by atoms with Crippen molar-refractivity contribution in [1.82, 2.24) is 4.90 Å². The van der Waals surface area contributed by atoms with Crippen molar-refractivity contribution in [2.24, 2.45) is 0 Å². The second kappa shape index (κ2) is 10.1. The molecule has 0 saturated heterocycles. The van der Waals surface area contributed by atoms with Gasteiger partial charge >= 0.3 is 0 Å². The predicted molar refractivity (Wildman–Crippen MR) is 91.7 cm³/mol. The number of rotatable bonds is 9. The Kier molecular flexibility index (Phi) is 9.35. The maximum Gasteiger partial charge on any atom is 0.147 e. The summed E-state index contributed by atoms with van der Waals surface area (Å²) in [5.74, 6) is 0.619. The number of hydrogen-bond acceptors (Lipinski definition) is 5. The van der Waals surface area contributed by atoms with Crippen molar-refractivity contribution in [3.63, 3.8) is 0 Å². The zero-order valence-electron chi connectivity index (χ0n) is 11.3. The van der Waals surface area contributed by atoms with E-state index in [1.165, 1.54) is 0 Å². The van der Waals surface area contributed by atoms with Crippen LogP contribution in [0, 0.1) is 0 Å². The first-order valence-corrected chi connectivity index (χ1v) is 8.75. The average molecular weight is 492 g/mol. The highest BCUT2D eigenvalue weighted by atomic mass is 79.9. The van der Waals surface area contributed by atoms with E-state index in [1.54, 1.807) is 4.90 Å². The lowest BCUT2D eigenvalue weighted by molar-refractivity contribution is 0.0548. The van der Waals surface area contributed by atoms with Gasteiger partial charge in [-0.2, -0.15) is 0 Å². The highest BCUT2D eigenvalue weighted by Gasteiger charge is 2.14. The molecule has 8 heteroatoms. The second-order valence-electron chi connectivity index (χ2n) is 4.41. The Hall–Kier alpha value is 0.300. The van der Waals surface area contributed by atoms with Crippen LogP contribution in [0.2, 0.25) is 0 Å². The van der Waals surface area contributed by atoms with Gasteiger partial charge in [-0.1, -0.05) is 15.9 Å². The predicted octanol–water partition coefficient (Wildman–Crippen LogP) is 2.00. The van der Waals surface area contributed by atoms with Crippen molar-refractivity contribution in [2.45, 2.75) is 6.10 Å². The molecule has 0 bridgehead atoms. The Morgan fingerprint density at radius 2 is 1.57 bits per heavy atom. The lowest BCUT2D eigenvalue weighted by Crippen LogP contribution is -2.38. The zero-order valence-corrected chi connectivity index (χ0v) is 16.1. The molecule has 0 radical (unpaired) electrons. The summed E-state index contributed by atoms with van der Waals surface area (Å²) < 4.78 is 8.09. The fraction of sp³-hybridized carbons (Fsp3) is 0.538. The van der Waals surface area contributed by atoms with Crippen molar-refractivity contribution in [2.75, 3.05) is 39.5 Å². The maximum atomic E-state index is 10.0. The van der Waals surface area contributed by atoms with E-state index < -0.39 is 6.10 Å². The Bertz CT molecular complexity index is 418. The van der Waals surface area contributed by atoms with Gasteiger partial charge < -0.3 is 20.1 Å². The van der Waals surface area contributed by atoms with E-state index in [4.69, 9.17) is 14.9 Å². The summed E-state index contributed by atoms with van der Waals surface area (Å²) in [4.78, 5) is 1.78. The Labute approximate surface area is 149 Å². The van der Waals surface area contributed by atoms with Crippen LogP contribution >= 0.6 is 47.8 Å². The fourth-order valence-corrected chi connectivity index (χ4v) is 4.26. The summed E-state index contributed by atoms with van der Waals surface area (Å²) in [7, 11) is 0. The van der Waals surface area contributed by atoms with Crippen molar-refractivity contribution >= 4 is 47.8 Å². The zero-order chi connectivity index (χ0) is 15.8. The molecule has 0 heterocycles. The van der Waals surface area contributed by atoms with Crippen molar-refractivity contribution in [3.05, 3.63) is 25.6 Å². The smallest absolute Gasteiger partial charge is 0.147 e. The molecular formula is C13H18Br3NO4. The van der Waals surface area contributed by atoms with Gasteiger partial charge in [-0.25, -0.2) is 0 Å². The van der Waals surface area contributed by atoms with Crippen LogP contribution in [-0.2, 0) is 0 Å². The summed E-state index contributed by atoms with van der Waals surface area (Å²) >= 11 is 10.2. The summed E-state index contributed by atoms with van der Waals surface area (Å²) in [5.41, 5.74) is 0. The Balaban J connectivity index is 2.54. The van der Waals surface area contributed by atoms with E-state index in [2.05, 4.69) is 47.8 Å². The molecule has 3 N–H and O–H groups in total. The van der Waals surface area contributed by atoms with Crippen LogP contribution < -0.4 is 4.74 Å². The van der Waals surface area contributed by atoms with E-state index in [1.807, 2.05) is 12.1 Å². The lowest BCUT2D eigenvalue weighted by Gasteiger charge is -2.23. The van der Waals surface area contributed by atoms with Gasteiger partial charge in [-0.3, -0.25) is 4.90 Å². The minimum atomic E-state index is -0.717. The topological polar surface area (TPSA) is 73.2 Å². The van der Waals surface area contributed by atoms with Gasteiger partial charge in [0.2, 0.25) is 0 Å². The molecule has 0 aliphatic rings. The van der Waals surface area contributed by atoms with Crippen LogP contribution in [0.5, 0.6) is 5.75 Å². The van der Waals surface area contributed by atoms with E-state index in [0.29, 0.717) is 25.4 Å². The first-order valence-electron chi connectivity index (χ1n) is 6.37. The number of aliphatic hydroxyl groups is 3. The van der Waals surface area contributed by atoms with E-state index >= 15 is 0 Å². The largest absolute Gasteiger partial charge is 0.488 e. The highest BCUT2D eigenvalue weighted by molar-refractivity contribution is 9.11. The molecule has 1 unspecified atom stereocenters. The maximum absolute atomic E-state index is 10.0. The van der Waals surface area contributed by atoms with Gasteiger partial charge in [0.15, 0.2) is 0 Å². The normalized spacial score (nSPS) is 12.7. The van der Waals surface area contributed by atoms with Crippen LogP contribution in [-0.4, -0.2) is 65.8 Å².